The molecule has 2 aliphatic heterocycles. The molecule has 0 saturated carbocycles. The Hall–Kier alpha value is -2.30. The lowest BCUT2D eigenvalue weighted by atomic mass is 10.2. The summed E-state index contributed by atoms with van der Waals surface area (Å²) in [7, 11) is 0. The van der Waals surface area contributed by atoms with Crippen LogP contribution in [-0.2, 0) is 4.74 Å². The van der Waals surface area contributed by atoms with E-state index < -0.39 is 6.09 Å². The van der Waals surface area contributed by atoms with E-state index in [4.69, 9.17) is 29.2 Å². The van der Waals surface area contributed by atoms with Gasteiger partial charge in [-0.05, 0) is 36.6 Å². The molecule has 1 N–H and O–H groups in total. The summed E-state index contributed by atoms with van der Waals surface area (Å²) in [4.78, 5) is 20.4. The monoisotopic (exact) mass is 478 g/mol. The lowest BCUT2D eigenvalue weighted by Crippen LogP contribution is -2.48. The SMILES string of the molecule is CC(=S)NCC1CN(c2ccc(N3CCN(C(=S)c4cccs4)CC3)c(F)c2)C(=O)O1. The number of cyclic esters (lactones) is 1. The first-order chi connectivity index (χ1) is 14.9. The number of anilines is 2. The van der Waals surface area contributed by atoms with Crippen LogP contribution in [0.4, 0.5) is 20.6 Å². The first kappa shape index (κ1) is 21.9. The normalized spacial score (nSPS) is 18.8. The number of rotatable bonds is 5. The van der Waals surface area contributed by atoms with Crippen LogP contribution in [0.1, 0.15) is 11.8 Å². The molecule has 31 heavy (non-hydrogen) atoms. The zero-order valence-corrected chi connectivity index (χ0v) is 19.5. The van der Waals surface area contributed by atoms with E-state index in [1.54, 1.807) is 30.4 Å². The van der Waals surface area contributed by atoms with Crippen LogP contribution >= 0.6 is 35.8 Å². The summed E-state index contributed by atoms with van der Waals surface area (Å²) in [6, 6.07) is 8.92. The lowest BCUT2D eigenvalue weighted by Gasteiger charge is -2.37. The van der Waals surface area contributed by atoms with Gasteiger partial charge in [0.25, 0.3) is 0 Å². The third-order valence-electron chi connectivity index (χ3n) is 5.34. The van der Waals surface area contributed by atoms with Crippen molar-refractivity contribution in [2.24, 2.45) is 0 Å². The van der Waals surface area contributed by atoms with Crippen LogP contribution < -0.4 is 15.1 Å². The van der Waals surface area contributed by atoms with Gasteiger partial charge >= 0.3 is 6.09 Å². The van der Waals surface area contributed by atoms with Crippen LogP contribution in [0.25, 0.3) is 0 Å². The molecule has 1 amide bonds. The largest absolute Gasteiger partial charge is 0.442 e. The summed E-state index contributed by atoms with van der Waals surface area (Å²) >= 11 is 12.2. The minimum atomic E-state index is -0.475. The molecule has 1 aromatic carbocycles. The zero-order chi connectivity index (χ0) is 22.0. The number of piperazine rings is 1. The summed E-state index contributed by atoms with van der Waals surface area (Å²) in [6.07, 6.45) is -0.801. The van der Waals surface area contributed by atoms with Gasteiger partial charge in [0.2, 0.25) is 0 Å². The molecular weight excluding hydrogens is 455 g/mol. The van der Waals surface area contributed by atoms with Crippen molar-refractivity contribution in [3.05, 3.63) is 46.4 Å². The third kappa shape index (κ3) is 4.97. The van der Waals surface area contributed by atoms with Crippen LogP contribution in [0.3, 0.4) is 0 Å². The average Bonchev–Trinajstić information content (AvgIpc) is 3.42. The summed E-state index contributed by atoms with van der Waals surface area (Å²) in [5, 5.41) is 5.01. The van der Waals surface area contributed by atoms with Gasteiger partial charge in [-0.3, -0.25) is 4.90 Å². The standard InChI is InChI=1S/C21H23FN4O2S3/c1-14(29)23-12-16-13-26(21(27)28-16)15-4-5-18(17(22)11-15)24-6-8-25(9-7-24)20(30)19-3-2-10-31-19/h2-5,10-11,16H,6-9,12-13H2,1H3,(H,23,29). The number of carbonyl (C=O) groups excluding carboxylic acids is 1. The van der Waals surface area contributed by atoms with Crippen LogP contribution in [0.15, 0.2) is 35.7 Å². The Morgan fingerprint density at radius 3 is 2.68 bits per heavy atom. The Kier molecular flexibility index (Phi) is 6.68. The van der Waals surface area contributed by atoms with E-state index in [1.807, 2.05) is 22.4 Å². The van der Waals surface area contributed by atoms with E-state index in [1.165, 1.54) is 11.0 Å². The summed E-state index contributed by atoms with van der Waals surface area (Å²) in [5.74, 6) is -0.351. The molecule has 2 saturated heterocycles. The first-order valence-electron chi connectivity index (χ1n) is 10.0. The predicted molar refractivity (Wildman–Crippen MR) is 130 cm³/mol. The molecule has 164 valence electrons. The number of thiophene rings is 1. The second kappa shape index (κ2) is 9.46. The highest BCUT2D eigenvalue weighted by Gasteiger charge is 2.33. The molecule has 2 aliphatic rings. The number of nitrogens with zero attached hydrogens (tertiary/aromatic N) is 3. The van der Waals surface area contributed by atoms with E-state index in [9.17, 15) is 9.18 Å². The number of ether oxygens (including phenoxy) is 1. The second-order valence-electron chi connectivity index (χ2n) is 7.45. The number of nitrogens with one attached hydrogen (secondary N) is 1. The molecule has 1 atom stereocenters. The molecule has 2 aromatic rings. The van der Waals surface area contributed by atoms with E-state index in [-0.39, 0.29) is 11.9 Å². The molecule has 0 bridgehead atoms. The van der Waals surface area contributed by atoms with Crippen molar-refractivity contribution >= 4 is 63.2 Å². The van der Waals surface area contributed by atoms with Crippen LogP contribution in [0, 0.1) is 5.82 Å². The van der Waals surface area contributed by atoms with E-state index in [2.05, 4.69) is 10.2 Å². The molecule has 0 radical (unpaired) electrons. The second-order valence-corrected chi connectivity index (χ2v) is 9.39. The number of halogens is 1. The Bertz CT molecular complexity index is 977. The highest BCUT2D eigenvalue weighted by atomic mass is 32.1. The van der Waals surface area contributed by atoms with Crippen LogP contribution in [0.5, 0.6) is 0 Å². The molecule has 10 heteroatoms. The molecule has 4 rings (SSSR count). The van der Waals surface area contributed by atoms with Gasteiger partial charge in [-0.15, -0.1) is 11.3 Å². The number of thiocarbonyl (C=S) groups is 2. The van der Waals surface area contributed by atoms with Gasteiger partial charge in [0.1, 0.15) is 16.9 Å². The number of benzene rings is 1. The topological polar surface area (TPSA) is 48.0 Å². The van der Waals surface area contributed by atoms with Gasteiger partial charge in [-0.2, -0.15) is 0 Å². The molecule has 6 nitrogen and oxygen atoms in total. The number of carbonyl (C=O) groups is 1. The molecular formula is C21H23FN4O2S3. The van der Waals surface area contributed by atoms with Gasteiger partial charge in [-0.1, -0.05) is 30.5 Å². The van der Waals surface area contributed by atoms with Crippen molar-refractivity contribution in [1.82, 2.24) is 10.2 Å². The Labute approximate surface area is 195 Å². The number of hydrogen-bond acceptors (Lipinski definition) is 6. The third-order valence-corrected chi connectivity index (χ3v) is 6.96. The fourth-order valence-corrected chi connectivity index (χ4v) is 4.89. The minimum absolute atomic E-state index is 0.326. The summed E-state index contributed by atoms with van der Waals surface area (Å²) in [5.41, 5.74) is 1.03. The number of amides is 1. The number of hydrogen-bond donors (Lipinski definition) is 1. The first-order valence-corrected chi connectivity index (χ1v) is 11.7. The summed E-state index contributed by atoms with van der Waals surface area (Å²) in [6.45, 7) is 5.40. The molecule has 0 spiro atoms. The van der Waals surface area contributed by atoms with Gasteiger partial charge in [0, 0.05) is 26.2 Å². The predicted octanol–water partition coefficient (Wildman–Crippen LogP) is 3.65. The zero-order valence-electron chi connectivity index (χ0n) is 17.0. The minimum Gasteiger partial charge on any atom is -0.442 e. The van der Waals surface area contributed by atoms with Gasteiger partial charge in [0.05, 0.1) is 34.3 Å². The fraction of sp³-hybridized carbons (Fsp3) is 0.381. The van der Waals surface area contributed by atoms with Crippen molar-refractivity contribution in [2.45, 2.75) is 13.0 Å². The Morgan fingerprint density at radius 2 is 2.03 bits per heavy atom. The van der Waals surface area contributed by atoms with Gasteiger partial charge < -0.3 is 19.9 Å². The molecule has 1 unspecified atom stereocenters. The molecule has 1 aromatic heterocycles. The smallest absolute Gasteiger partial charge is 0.414 e. The van der Waals surface area contributed by atoms with E-state index in [0.717, 1.165) is 23.0 Å². The lowest BCUT2D eigenvalue weighted by molar-refractivity contribution is 0.143. The van der Waals surface area contributed by atoms with Crippen LogP contribution in [0.2, 0.25) is 0 Å². The maximum Gasteiger partial charge on any atom is 0.414 e. The van der Waals surface area contributed by atoms with Crippen LogP contribution in [-0.4, -0.2) is 66.3 Å². The van der Waals surface area contributed by atoms with Gasteiger partial charge in [-0.25, -0.2) is 9.18 Å². The highest BCUT2D eigenvalue weighted by Crippen LogP contribution is 2.29. The van der Waals surface area contributed by atoms with Crippen molar-refractivity contribution in [3.8, 4) is 0 Å². The average molecular weight is 479 g/mol. The summed E-state index contributed by atoms with van der Waals surface area (Å²) < 4.78 is 20.3. The molecule has 0 aliphatic carbocycles. The molecule has 3 heterocycles. The van der Waals surface area contributed by atoms with Crippen molar-refractivity contribution in [1.29, 1.82) is 0 Å². The van der Waals surface area contributed by atoms with Gasteiger partial charge in [0.15, 0.2) is 0 Å². The van der Waals surface area contributed by atoms with Crippen molar-refractivity contribution in [3.63, 3.8) is 0 Å². The van der Waals surface area contributed by atoms with Crippen molar-refractivity contribution < 1.29 is 13.9 Å². The molecule has 2 fully saturated rings. The van der Waals surface area contributed by atoms with E-state index in [0.29, 0.717) is 42.5 Å². The Balaban J connectivity index is 1.38. The highest BCUT2D eigenvalue weighted by molar-refractivity contribution is 7.81. The quantitative estimate of drug-likeness (QED) is 0.659. The maximum absolute atomic E-state index is 15.0. The maximum atomic E-state index is 15.0. The van der Waals surface area contributed by atoms with E-state index >= 15 is 0 Å². The van der Waals surface area contributed by atoms with Crippen molar-refractivity contribution in [2.75, 3.05) is 49.1 Å². The Morgan fingerprint density at radius 1 is 1.26 bits per heavy atom. The fourth-order valence-electron chi connectivity index (χ4n) is 3.72.